The van der Waals surface area contributed by atoms with Gasteiger partial charge in [0.25, 0.3) is 11.2 Å². The molecule has 180 valence electrons. The lowest BCUT2D eigenvalue weighted by Gasteiger charge is -2.36. The van der Waals surface area contributed by atoms with E-state index >= 15 is 0 Å². The average molecular weight is 520 g/mol. The van der Waals surface area contributed by atoms with Crippen molar-refractivity contribution in [3.63, 3.8) is 0 Å². The number of benzene rings is 2. The molecule has 1 aliphatic rings. The summed E-state index contributed by atoms with van der Waals surface area (Å²) in [4.78, 5) is 29.2. The Morgan fingerprint density at radius 3 is 2.56 bits per heavy atom. The van der Waals surface area contributed by atoms with Crippen molar-refractivity contribution >= 4 is 54.0 Å². The van der Waals surface area contributed by atoms with Crippen LogP contribution in [0.15, 0.2) is 53.3 Å². The van der Waals surface area contributed by atoms with Gasteiger partial charge in [-0.25, -0.2) is 4.57 Å². The first kappa shape index (κ1) is 25.0. The van der Waals surface area contributed by atoms with Crippen molar-refractivity contribution in [2.24, 2.45) is 0 Å². The van der Waals surface area contributed by atoms with Crippen molar-refractivity contribution in [2.45, 2.75) is 12.8 Å². The number of anilines is 1. The third-order valence-electron chi connectivity index (χ3n) is 6.07. The molecule has 0 amide bonds. The maximum absolute atomic E-state index is 12.3. The Bertz CT molecular complexity index is 1230. The second-order valence-electron chi connectivity index (χ2n) is 8.24. The van der Waals surface area contributed by atoms with Crippen LogP contribution in [0.4, 0.5) is 10.5 Å². The molecule has 0 aliphatic carbocycles. The van der Waals surface area contributed by atoms with Gasteiger partial charge in [0.1, 0.15) is 5.75 Å². The highest BCUT2D eigenvalue weighted by Gasteiger charge is 2.19. The van der Waals surface area contributed by atoms with Crippen LogP contribution in [0.5, 0.6) is 5.75 Å². The van der Waals surface area contributed by atoms with Crippen LogP contribution < -0.4 is 15.2 Å². The molecule has 0 N–H and O–H groups in total. The second-order valence-corrected chi connectivity index (χ2v) is 9.95. The summed E-state index contributed by atoms with van der Waals surface area (Å²) in [6.45, 7) is 7.20. The summed E-state index contributed by atoms with van der Waals surface area (Å²) in [6.07, 6.45) is 1.96. The fourth-order valence-electron chi connectivity index (χ4n) is 4.20. The van der Waals surface area contributed by atoms with E-state index in [1.54, 1.807) is 18.8 Å². The molecule has 1 aliphatic heterocycles. The first-order chi connectivity index (χ1) is 16.5. The monoisotopic (exact) mass is 519 g/mol. The molecule has 1 aromatic heterocycles. The zero-order chi connectivity index (χ0) is 24.1. The van der Waals surface area contributed by atoms with E-state index in [9.17, 15) is 9.59 Å². The highest BCUT2D eigenvalue weighted by molar-refractivity contribution is 7.57. The Labute approximate surface area is 211 Å². The zero-order valence-electron chi connectivity index (χ0n) is 19.1. The quantitative estimate of drug-likeness (QED) is 0.287. The van der Waals surface area contributed by atoms with Crippen molar-refractivity contribution in [2.75, 3.05) is 50.9 Å². The number of fused-ring (bicyclic) bond motifs is 1. The molecule has 0 spiro atoms. The maximum atomic E-state index is 12.3. The number of piperazine rings is 1. The van der Waals surface area contributed by atoms with Crippen LogP contribution in [0.2, 0.25) is 10.0 Å². The van der Waals surface area contributed by atoms with Gasteiger partial charge in [-0.2, -0.15) is 0 Å². The molecule has 1 atom stereocenters. The van der Waals surface area contributed by atoms with E-state index in [1.165, 1.54) is 10.6 Å². The van der Waals surface area contributed by atoms with Crippen LogP contribution in [-0.4, -0.2) is 61.1 Å². The Balaban J connectivity index is 1.24. The van der Waals surface area contributed by atoms with Crippen LogP contribution in [0, 0.1) is 0 Å². The van der Waals surface area contributed by atoms with Crippen LogP contribution in [0.1, 0.15) is 12.8 Å². The van der Waals surface area contributed by atoms with E-state index in [2.05, 4.69) is 9.80 Å². The van der Waals surface area contributed by atoms with Crippen molar-refractivity contribution in [3.05, 3.63) is 68.9 Å². The summed E-state index contributed by atoms with van der Waals surface area (Å²) in [5.74, 6) is 0.672. The van der Waals surface area contributed by atoms with Gasteiger partial charge in [0, 0.05) is 38.3 Å². The van der Waals surface area contributed by atoms with Gasteiger partial charge in [-0.1, -0.05) is 29.3 Å². The lowest BCUT2D eigenvalue weighted by molar-refractivity contribution is 0.238. The molecule has 34 heavy (non-hydrogen) atoms. The number of carbonyl (C=O) groups is 1. The van der Waals surface area contributed by atoms with Crippen molar-refractivity contribution in [1.82, 2.24) is 9.47 Å². The lowest BCUT2D eigenvalue weighted by Crippen LogP contribution is -2.46. The molecule has 0 saturated carbocycles. The molecule has 3 aromatic rings. The van der Waals surface area contributed by atoms with Gasteiger partial charge < -0.3 is 9.64 Å². The van der Waals surface area contributed by atoms with Gasteiger partial charge in [-0.15, -0.1) is 0 Å². The number of hydrogen-bond donors (Lipinski definition) is 0. The molecule has 1 saturated heterocycles. The first-order valence-electron chi connectivity index (χ1n) is 11.4. The van der Waals surface area contributed by atoms with Gasteiger partial charge >= 0.3 is 0 Å². The molecular weight excluding hydrogens is 492 g/mol. The summed E-state index contributed by atoms with van der Waals surface area (Å²) in [5.41, 5.74) is 1.11. The number of pyridine rings is 1. The summed E-state index contributed by atoms with van der Waals surface area (Å²) in [7, 11) is 0.0198. The summed E-state index contributed by atoms with van der Waals surface area (Å²) in [5, 5.41) is 2.06. The minimum atomic E-state index is -0.304. The number of ether oxygens (including phenoxy) is 1. The van der Waals surface area contributed by atoms with Crippen LogP contribution in [0.3, 0.4) is 0 Å². The minimum absolute atomic E-state index is 0.0198. The van der Waals surface area contributed by atoms with E-state index in [0.717, 1.165) is 56.6 Å². The van der Waals surface area contributed by atoms with Gasteiger partial charge in [0.05, 0.1) is 27.9 Å². The van der Waals surface area contributed by atoms with Gasteiger partial charge in [-0.05, 0) is 70.3 Å². The number of hydrogen-bond acceptors (Lipinski definition) is 5. The number of halogens is 2. The molecule has 1 unspecified atom stereocenters. The molecule has 9 heteroatoms. The van der Waals surface area contributed by atoms with Gasteiger partial charge in [0.15, 0.2) is 0 Å². The molecule has 0 bridgehead atoms. The van der Waals surface area contributed by atoms with E-state index in [4.69, 9.17) is 27.9 Å². The third kappa shape index (κ3) is 5.75. The van der Waals surface area contributed by atoms with Crippen molar-refractivity contribution in [3.8, 4) is 5.75 Å². The highest BCUT2D eigenvalue weighted by atomic mass is 35.5. The predicted molar refractivity (Wildman–Crippen MR) is 143 cm³/mol. The van der Waals surface area contributed by atoms with E-state index in [-0.39, 0.29) is 19.8 Å². The molecule has 1 fully saturated rings. The SMILES string of the molecule is CPC(=O)n1c(=O)ccc2ccc(OCCCCN3CCN(c4cccc(Cl)c4Cl)CC3)cc21. The van der Waals surface area contributed by atoms with Crippen LogP contribution in [0.25, 0.3) is 10.9 Å². The fourth-order valence-corrected chi connectivity index (χ4v) is 5.07. The number of rotatable bonds is 8. The van der Waals surface area contributed by atoms with Crippen molar-refractivity contribution < 1.29 is 9.53 Å². The van der Waals surface area contributed by atoms with E-state index in [1.807, 2.05) is 30.3 Å². The zero-order valence-corrected chi connectivity index (χ0v) is 21.6. The number of aromatic nitrogens is 1. The summed E-state index contributed by atoms with van der Waals surface area (Å²) in [6, 6.07) is 14.5. The second kappa shape index (κ2) is 11.5. The average Bonchev–Trinajstić information content (AvgIpc) is 2.85. The van der Waals surface area contributed by atoms with Crippen LogP contribution in [-0.2, 0) is 0 Å². The largest absolute Gasteiger partial charge is 0.494 e. The van der Waals surface area contributed by atoms with Gasteiger partial charge in [-0.3, -0.25) is 14.5 Å². The number of unbranched alkanes of at least 4 members (excludes halogenated alkanes) is 1. The molecule has 4 rings (SSSR count). The number of carbonyl (C=O) groups excluding carboxylic acids is 1. The minimum Gasteiger partial charge on any atom is -0.494 e. The molecule has 0 radical (unpaired) electrons. The van der Waals surface area contributed by atoms with Crippen molar-refractivity contribution in [1.29, 1.82) is 0 Å². The van der Waals surface area contributed by atoms with Crippen LogP contribution >= 0.6 is 31.8 Å². The molecule has 6 nitrogen and oxygen atoms in total. The summed E-state index contributed by atoms with van der Waals surface area (Å²) < 4.78 is 7.18. The normalized spacial score (nSPS) is 14.9. The first-order valence-corrected chi connectivity index (χ1v) is 13.7. The maximum Gasteiger partial charge on any atom is 0.258 e. The highest BCUT2D eigenvalue weighted by Crippen LogP contribution is 2.33. The predicted octanol–water partition coefficient (Wildman–Crippen LogP) is 5.57. The molecular formula is C25H28Cl2N3O3P. The Morgan fingerprint density at radius 1 is 1.03 bits per heavy atom. The summed E-state index contributed by atoms with van der Waals surface area (Å²) >= 11 is 12.5. The lowest BCUT2D eigenvalue weighted by atomic mass is 10.2. The molecule has 2 aromatic carbocycles. The smallest absolute Gasteiger partial charge is 0.258 e. The Morgan fingerprint density at radius 2 is 1.79 bits per heavy atom. The Kier molecular flexibility index (Phi) is 8.49. The Hall–Kier alpha value is -2.11. The third-order valence-corrected chi connectivity index (χ3v) is 7.53. The van der Waals surface area contributed by atoms with E-state index in [0.29, 0.717) is 27.9 Å². The van der Waals surface area contributed by atoms with Gasteiger partial charge in [0.2, 0.25) is 0 Å². The number of nitrogens with zero attached hydrogens (tertiary/aromatic N) is 3. The fraction of sp³-hybridized carbons (Fsp3) is 0.360. The standard InChI is InChI=1S/C25H28Cl2N3O3P/c1-34-25(32)30-22-17-19(9-7-18(22)8-10-23(30)31)33-16-3-2-11-28-12-14-29(15-13-28)21-6-4-5-20(26)24(21)27/h4-10,17,34H,2-3,11-16H2,1H3. The topological polar surface area (TPSA) is 54.8 Å². The van der Waals surface area contributed by atoms with E-state index < -0.39 is 0 Å². The molecule has 2 heterocycles.